The van der Waals surface area contributed by atoms with Crippen molar-refractivity contribution in [3.05, 3.63) is 17.0 Å². The van der Waals surface area contributed by atoms with Crippen LogP contribution in [-0.2, 0) is 18.4 Å². The molecule has 2 rings (SSSR count). The van der Waals surface area contributed by atoms with Crippen LogP contribution in [0.1, 0.15) is 43.1 Å². The van der Waals surface area contributed by atoms with Crippen LogP contribution in [0.3, 0.4) is 0 Å². The Kier molecular flexibility index (Phi) is 4.18. The minimum Gasteiger partial charge on any atom is -0.481 e. The van der Waals surface area contributed by atoms with E-state index in [4.69, 9.17) is 0 Å². The number of carbonyl (C=O) groups is 1. The number of aromatic nitrogens is 2. The lowest BCUT2D eigenvalue weighted by molar-refractivity contribution is -0.148. The number of hydrogen-bond donors (Lipinski definition) is 1. The molecule has 1 unspecified atom stereocenters. The van der Waals surface area contributed by atoms with Crippen molar-refractivity contribution in [1.82, 2.24) is 14.7 Å². The minimum atomic E-state index is -0.638. The van der Waals surface area contributed by atoms with Crippen molar-refractivity contribution in [2.75, 3.05) is 13.1 Å². The number of carboxylic acids is 1. The second-order valence-electron chi connectivity index (χ2n) is 6.07. The average Bonchev–Trinajstić information content (AvgIpc) is 2.89. The summed E-state index contributed by atoms with van der Waals surface area (Å²) in [4.78, 5) is 13.9. The van der Waals surface area contributed by atoms with Crippen molar-refractivity contribution in [3.8, 4) is 0 Å². The molecule has 20 heavy (non-hydrogen) atoms. The van der Waals surface area contributed by atoms with Crippen molar-refractivity contribution in [1.29, 1.82) is 0 Å². The molecule has 1 N–H and O–H groups in total. The number of hydrogen-bond acceptors (Lipinski definition) is 3. The van der Waals surface area contributed by atoms with Crippen molar-refractivity contribution in [2.24, 2.45) is 12.5 Å². The third-order valence-corrected chi connectivity index (χ3v) is 4.66. The molecule has 1 aliphatic rings. The van der Waals surface area contributed by atoms with Gasteiger partial charge in [0.1, 0.15) is 0 Å². The summed E-state index contributed by atoms with van der Waals surface area (Å²) < 4.78 is 1.90. The number of likely N-dealkylation sites (tertiary alicyclic amines) is 1. The molecule has 1 atom stereocenters. The Hall–Kier alpha value is -1.36. The van der Waals surface area contributed by atoms with Crippen LogP contribution in [0.2, 0.25) is 0 Å². The Balaban J connectivity index is 2.11. The summed E-state index contributed by atoms with van der Waals surface area (Å²) in [5.74, 6) is -0.638. The minimum absolute atomic E-state index is 0.543. The van der Waals surface area contributed by atoms with E-state index in [1.807, 2.05) is 18.7 Å². The molecule has 1 aliphatic heterocycles. The Morgan fingerprint density at radius 3 is 2.65 bits per heavy atom. The van der Waals surface area contributed by atoms with Crippen LogP contribution >= 0.6 is 0 Å². The first kappa shape index (κ1) is 15.0. The van der Waals surface area contributed by atoms with Gasteiger partial charge in [0.25, 0.3) is 0 Å². The second kappa shape index (κ2) is 5.56. The molecule has 0 aliphatic carbocycles. The summed E-state index contributed by atoms with van der Waals surface area (Å²) in [6, 6.07) is 0. The maximum Gasteiger partial charge on any atom is 0.310 e. The lowest BCUT2D eigenvalue weighted by Gasteiger charge is -2.24. The summed E-state index contributed by atoms with van der Waals surface area (Å²) in [5, 5.41) is 14.0. The van der Waals surface area contributed by atoms with Gasteiger partial charge in [0, 0.05) is 31.4 Å². The van der Waals surface area contributed by atoms with E-state index >= 15 is 0 Å². The van der Waals surface area contributed by atoms with E-state index < -0.39 is 11.4 Å². The maximum absolute atomic E-state index is 11.6. The fraction of sp³-hybridized carbons (Fsp3) is 0.733. The fourth-order valence-electron chi connectivity index (χ4n) is 3.33. The quantitative estimate of drug-likeness (QED) is 0.897. The van der Waals surface area contributed by atoms with Gasteiger partial charge >= 0.3 is 5.97 Å². The molecule has 1 aromatic heterocycles. The molecule has 5 nitrogen and oxygen atoms in total. The first-order valence-electron chi connectivity index (χ1n) is 7.34. The predicted octanol–water partition coefficient (Wildman–Crippen LogP) is 2.11. The molecule has 0 saturated carbocycles. The Bertz CT molecular complexity index is 509. The van der Waals surface area contributed by atoms with Gasteiger partial charge in [-0.1, -0.05) is 13.3 Å². The molecule has 1 saturated heterocycles. The van der Waals surface area contributed by atoms with Crippen LogP contribution in [0.4, 0.5) is 0 Å². The molecular weight excluding hydrogens is 254 g/mol. The lowest BCUT2D eigenvalue weighted by Crippen LogP contribution is -2.34. The Labute approximate surface area is 120 Å². The molecule has 1 fully saturated rings. The summed E-state index contributed by atoms with van der Waals surface area (Å²) >= 11 is 0. The summed E-state index contributed by atoms with van der Waals surface area (Å²) in [6.07, 6.45) is 2.45. The molecule has 0 spiro atoms. The van der Waals surface area contributed by atoms with Crippen LogP contribution < -0.4 is 0 Å². The van der Waals surface area contributed by atoms with E-state index in [-0.39, 0.29) is 0 Å². The topological polar surface area (TPSA) is 58.4 Å². The molecule has 5 heteroatoms. The predicted molar refractivity (Wildman–Crippen MR) is 77.6 cm³/mol. The normalized spacial score (nSPS) is 23.4. The van der Waals surface area contributed by atoms with Crippen LogP contribution in [0, 0.1) is 19.3 Å². The van der Waals surface area contributed by atoms with E-state index in [2.05, 4.69) is 23.8 Å². The Morgan fingerprint density at radius 1 is 1.45 bits per heavy atom. The van der Waals surface area contributed by atoms with Crippen LogP contribution in [0.15, 0.2) is 0 Å². The number of nitrogens with zero attached hydrogens (tertiary/aromatic N) is 3. The van der Waals surface area contributed by atoms with Gasteiger partial charge in [0.2, 0.25) is 0 Å². The first-order chi connectivity index (χ1) is 9.39. The maximum atomic E-state index is 11.6. The summed E-state index contributed by atoms with van der Waals surface area (Å²) in [7, 11) is 1.95. The highest BCUT2D eigenvalue weighted by molar-refractivity contribution is 5.75. The molecular formula is C15H25N3O2. The highest BCUT2D eigenvalue weighted by atomic mass is 16.4. The third-order valence-electron chi connectivity index (χ3n) is 4.66. The van der Waals surface area contributed by atoms with Crippen LogP contribution in [-0.4, -0.2) is 38.8 Å². The van der Waals surface area contributed by atoms with Crippen LogP contribution in [0.25, 0.3) is 0 Å². The lowest BCUT2D eigenvalue weighted by atomic mass is 9.83. The monoisotopic (exact) mass is 279 g/mol. The van der Waals surface area contributed by atoms with E-state index in [0.717, 1.165) is 38.0 Å². The van der Waals surface area contributed by atoms with Crippen molar-refractivity contribution in [2.45, 2.75) is 46.6 Å². The number of aliphatic carboxylic acids is 1. The first-order valence-corrected chi connectivity index (χ1v) is 7.34. The fourth-order valence-corrected chi connectivity index (χ4v) is 3.33. The standard InChI is InChI=1S/C15H25N3O2/c1-5-6-15(14(19)20)7-8-18(10-15)9-13-11(2)16-17(4)12(13)3/h5-10H2,1-4H3,(H,19,20). The smallest absolute Gasteiger partial charge is 0.310 e. The second-order valence-corrected chi connectivity index (χ2v) is 6.07. The van der Waals surface area contributed by atoms with Gasteiger partial charge in [-0.3, -0.25) is 14.4 Å². The van der Waals surface area contributed by atoms with Gasteiger partial charge in [-0.05, 0) is 33.2 Å². The van der Waals surface area contributed by atoms with Gasteiger partial charge in [-0.25, -0.2) is 0 Å². The zero-order valence-electron chi connectivity index (χ0n) is 12.9. The molecule has 1 aromatic rings. The molecule has 0 bridgehead atoms. The Morgan fingerprint density at radius 2 is 2.15 bits per heavy atom. The molecule has 0 amide bonds. The SMILES string of the molecule is CCCC1(C(=O)O)CCN(Cc2c(C)nn(C)c2C)C1. The summed E-state index contributed by atoms with van der Waals surface area (Å²) in [6.45, 7) is 8.48. The van der Waals surface area contributed by atoms with Gasteiger partial charge in [0.05, 0.1) is 11.1 Å². The van der Waals surface area contributed by atoms with Crippen molar-refractivity contribution < 1.29 is 9.90 Å². The number of rotatable bonds is 5. The number of aryl methyl sites for hydroxylation is 2. The zero-order chi connectivity index (χ0) is 14.9. The highest BCUT2D eigenvalue weighted by Crippen LogP contribution is 2.36. The van der Waals surface area contributed by atoms with Gasteiger partial charge in [-0.15, -0.1) is 0 Å². The van der Waals surface area contributed by atoms with E-state index in [1.165, 1.54) is 11.3 Å². The van der Waals surface area contributed by atoms with Gasteiger partial charge < -0.3 is 5.11 Å². The third kappa shape index (κ3) is 2.59. The summed E-state index contributed by atoms with van der Waals surface area (Å²) in [5.41, 5.74) is 2.92. The van der Waals surface area contributed by atoms with E-state index in [0.29, 0.717) is 6.54 Å². The molecule has 0 aromatic carbocycles. The highest BCUT2D eigenvalue weighted by Gasteiger charge is 2.43. The van der Waals surface area contributed by atoms with Crippen LogP contribution in [0.5, 0.6) is 0 Å². The largest absolute Gasteiger partial charge is 0.481 e. The van der Waals surface area contributed by atoms with E-state index in [9.17, 15) is 9.90 Å². The molecule has 2 heterocycles. The van der Waals surface area contributed by atoms with Gasteiger partial charge in [-0.2, -0.15) is 5.10 Å². The zero-order valence-corrected chi connectivity index (χ0v) is 12.9. The molecule has 0 radical (unpaired) electrons. The number of carboxylic acid groups (broad SMARTS) is 1. The van der Waals surface area contributed by atoms with Gasteiger partial charge in [0.15, 0.2) is 0 Å². The molecule has 112 valence electrons. The van der Waals surface area contributed by atoms with Crippen molar-refractivity contribution in [3.63, 3.8) is 0 Å². The average molecular weight is 279 g/mol. The van der Waals surface area contributed by atoms with E-state index in [1.54, 1.807) is 0 Å². The van der Waals surface area contributed by atoms with Crippen molar-refractivity contribution >= 4 is 5.97 Å².